The fourth-order valence-corrected chi connectivity index (χ4v) is 1.05. The molecular weight excluding hydrogens is 122 g/mol. The van der Waals surface area contributed by atoms with E-state index in [-0.39, 0.29) is 0 Å². The molecule has 1 nitrogen and oxygen atoms in total. The van der Waals surface area contributed by atoms with Gasteiger partial charge >= 0.3 is 0 Å². The highest BCUT2D eigenvalue weighted by Gasteiger charge is 1.95. The summed E-state index contributed by atoms with van der Waals surface area (Å²) < 4.78 is 0. The van der Waals surface area contributed by atoms with Gasteiger partial charge in [-0.3, -0.25) is 0 Å². The quantitative estimate of drug-likeness (QED) is 0.590. The Morgan fingerprint density at radius 3 is 2.10 bits per heavy atom. The third kappa shape index (κ3) is 2.26. The molecule has 0 unspecified atom stereocenters. The summed E-state index contributed by atoms with van der Waals surface area (Å²) in [4.78, 5) is 0. The van der Waals surface area contributed by atoms with Gasteiger partial charge in [0.05, 0.1) is 0 Å². The molecule has 0 heterocycles. The molecule has 0 aliphatic rings. The van der Waals surface area contributed by atoms with E-state index in [0.717, 1.165) is 12.8 Å². The lowest BCUT2D eigenvalue weighted by Crippen LogP contribution is -2.07. The summed E-state index contributed by atoms with van der Waals surface area (Å²) in [7, 11) is 1.96. The SMILES string of the molecule is C=C/C(CC)=C(/CC)NC. The predicted octanol–water partition coefficient (Wildman–Crippen LogP) is 2.47. The van der Waals surface area contributed by atoms with Gasteiger partial charge < -0.3 is 5.32 Å². The number of nitrogens with one attached hydrogen (secondary N) is 1. The lowest BCUT2D eigenvalue weighted by atomic mass is 10.1. The Labute approximate surface area is 63.8 Å². The van der Waals surface area contributed by atoms with Crippen LogP contribution >= 0.6 is 0 Å². The van der Waals surface area contributed by atoms with Crippen molar-refractivity contribution in [1.82, 2.24) is 5.32 Å². The van der Waals surface area contributed by atoms with Crippen molar-refractivity contribution in [3.05, 3.63) is 23.9 Å². The van der Waals surface area contributed by atoms with Crippen LogP contribution in [-0.4, -0.2) is 7.05 Å². The molecule has 0 bridgehead atoms. The minimum absolute atomic E-state index is 1.06. The Bertz CT molecular complexity index is 128. The standard InChI is InChI=1S/C9H17N/c1-5-8(6-2)9(7-3)10-4/h5,10H,1,6-7H2,2-4H3/b9-8+. The van der Waals surface area contributed by atoms with Gasteiger partial charge in [0.2, 0.25) is 0 Å². The molecule has 10 heavy (non-hydrogen) atoms. The fraction of sp³-hybridized carbons (Fsp3) is 0.556. The van der Waals surface area contributed by atoms with Gasteiger partial charge in [0.1, 0.15) is 0 Å². The Morgan fingerprint density at radius 2 is 2.00 bits per heavy atom. The molecular formula is C9H17N. The van der Waals surface area contributed by atoms with E-state index in [1.807, 2.05) is 13.1 Å². The van der Waals surface area contributed by atoms with E-state index < -0.39 is 0 Å². The first kappa shape index (κ1) is 9.28. The van der Waals surface area contributed by atoms with Crippen LogP contribution < -0.4 is 5.32 Å². The molecule has 0 spiro atoms. The normalized spacial score (nSPS) is 12.3. The van der Waals surface area contributed by atoms with Gasteiger partial charge in [0.25, 0.3) is 0 Å². The number of hydrogen-bond acceptors (Lipinski definition) is 1. The second-order valence-electron chi connectivity index (χ2n) is 2.17. The first-order chi connectivity index (χ1) is 4.79. The number of hydrogen-bond donors (Lipinski definition) is 1. The molecule has 58 valence electrons. The third-order valence-electron chi connectivity index (χ3n) is 1.67. The van der Waals surface area contributed by atoms with Crippen LogP contribution in [0.3, 0.4) is 0 Å². The molecule has 0 aromatic rings. The van der Waals surface area contributed by atoms with Gasteiger partial charge in [-0.05, 0) is 18.4 Å². The Hall–Kier alpha value is -0.720. The second-order valence-corrected chi connectivity index (χ2v) is 2.17. The predicted molar refractivity (Wildman–Crippen MR) is 46.9 cm³/mol. The van der Waals surface area contributed by atoms with E-state index in [4.69, 9.17) is 0 Å². The van der Waals surface area contributed by atoms with E-state index in [0.29, 0.717) is 0 Å². The number of allylic oxidation sites excluding steroid dienone is 3. The van der Waals surface area contributed by atoms with Crippen molar-refractivity contribution in [3.8, 4) is 0 Å². The molecule has 0 atom stereocenters. The summed E-state index contributed by atoms with van der Waals surface area (Å²) >= 11 is 0. The van der Waals surface area contributed by atoms with Crippen LogP contribution in [0.15, 0.2) is 23.9 Å². The molecule has 1 N–H and O–H groups in total. The summed E-state index contributed by atoms with van der Waals surface area (Å²) in [5.41, 5.74) is 2.63. The maximum Gasteiger partial charge on any atom is 0.0133 e. The minimum Gasteiger partial charge on any atom is -0.391 e. The van der Waals surface area contributed by atoms with E-state index in [1.165, 1.54) is 11.3 Å². The largest absolute Gasteiger partial charge is 0.391 e. The summed E-state index contributed by atoms with van der Waals surface area (Å²) in [6.45, 7) is 8.04. The van der Waals surface area contributed by atoms with E-state index >= 15 is 0 Å². The van der Waals surface area contributed by atoms with Crippen molar-refractivity contribution >= 4 is 0 Å². The summed E-state index contributed by atoms with van der Waals surface area (Å²) in [5.74, 6) is 0. The Morgan fingerprint density at radius 1 is 1.40 bits per heavy atom. The molecule has 0 rings (SSSR count). The van der Waals surface area contributed by atoms with E-state index in [2.05, 4.69) is 25.7 Å². The molecule has 0 aliphatic heterocycles. The summed E-state index contributed by atoms with van der Waals surface area (Å²) in [6.07, 6.45) is 4.05. The van der Waals surface area contributed by atoms with E-state index in [9.17, 15) is 0 Å². The highest BCUT2D eigenvalue weighted by Crippen LogP contribution is 2.09. The van der Waals surface area contributed by atoms with Crippen LogP contribution in [0.1, 0.15) is 26.7 Å². The smallest absolute Gasteiger partial charge is 0.0133 e. The van der Waals surface area contributed by atoms with Gasteiger partial charge in [-0.15, -0.1) is 0 Å². The van der Waals surface area contributed by atoms with Crippen molar-refractivity contribution in [2.75, 3.05) is 7.05 Å². The van der Waals surface area contributed by atoms with Crippen molar-refractivity contribution in [2.24, 2.45) is 0 Å². The van der Waals surface area contributed by atoms with Gasteiger partial charge in [0.15, 0.2) is 0 Å². The van der Waals surface area contributed by atoms with Gasteiger partial charge in [-0.25, -0.2) is 0 Å². The van der Waals surface area contributed by atoms with Crippen molar-refractivity contribution in [1.29, 1.82) is 0 Å². The van der Waals surface area contributed by atoms with E-state index in [1.54, 1.807) is 0 Å². The molecule has 0 aromatic carbocycles. The van der Waals surface area contributed by atoms with Crippen LogP contribution in [-0.2, 0) is 0 Å². The fourth-order valence-electron chi connectivity index (χ4n) is 1.05. The third-order valence-corrected chi connectivity index (χ3v) is 1.67. The highest BCUT2D eigenvalue weighted by molar-refractivity contribution is 5.22. The van der Waals surface area contributed by atoms with Crippen molar-refractivity contribution in [2.45, 2.75) is 26.7 Å². The first-order valence-corrected chi connectivity index (χ1v) is 3.82. The molecule has 0 amide bonds. The summed E-state index contributed by atoms with van der Waals surface area (Å²) in [6, 6.07) is 0. The van der Waals surface area contributed by atoms with Crippen LogP contribution in [0.25, 0.3) is 0 Å². The molecule has 0 aliphatic carbocycles. The lowest BCUT2D eigenvalue weighted by Gasteiger charge is -2.07. The van der Waals surface area contributed by atoms with Crippen molar-refractivity contribution < 1.29 is 0 Å². The Balaban J connectivity index is 4.35. The topological polar surface area (TPSA) is 12.0 Å². The zero-order valence-corrected chi connectivity index (χ0v) is 7.20. The van der Waals surface area contributed by atoms with Crippen LogP contribution in [0.4, 0.5) is 0 Å². The average molecular weight is 139 g/mol. The first-order valence-electron chi connectivity index (χ1n) is 3.82. The van der Waals surface area contributed by atoms with Gasteiger partial charge in [-0.1, -0.05) is 26.5 Å². The lowest BCUT2D eigenvalue weighted by molar-refractivity contribution is 0.865. The second kappa shape index (κ2) is 5.10. The average Bonchev–Trinajstić information content (AvgIpc) is 2.00. The minimum atomic E-state index is 1.06. The zero-order chi connectivity index (χ0) is 7.98. The molecule has 0 fully saturated rings. The van der Waals surface area contributed by atoms with Crippen LogP contribution in [0, 0.1) is 0 Å². The van der Waals surface area contributed by atoms with Crippen molar-refractivity contribution in [3.63, 3.8) is 0 Å². The highest BCUT2D eigenvalue weighted by atomic mass is 14.8. The molecule has 0 radical (unpaired) electrons. The summed E-state index contributed by atoms with van der Waals surface area (Å²) in [5, 5.41) is 3.16. The van der Waals surface area contributed by atoms with Gasteiger partial charge in [0, 0.05) is 12.7 Å². The van der Waals surface area contributed by atoms with Crippen LogP contribution in [0.2, 0.25) is 0 Å². The maximum atomic E-state index is 3.75. The number of rotatable bonds is 4. The van der Waals surface area contributed by atoms with Gasteiger partial charge in [-0.2, -0.15) is 0 Å². The van der Waals surface area contributed by atoms with Crippen LogP contribution in [0.5, 0.6) is 0 Å². The molecule has 0 saturated carbocycles. The molecule has 0 aromatic heterocycles. The Kier molecular flexibility index (Phi) is 4.73. The maximum absolute atomic E-state index is 3.75. The monoisotopic (exact) mass is 139 g/mol. The molecule has 0 saturated heterocycles. The zero-order valence-electron chi connectivity index (χ0n) is 7.20. The molecule has 1 heteroatoms.